The van der Waals surface area contributed by atoms with Gasteiger partial charge in [-0.05, 0) is 44.4 Å². The van der Waals surface area contributed by atoms with Gasteiger partial charge in [0.15, 0.2) is 0 Å². The largest absolute Gasteiger partial charge is 0.550 e. The van der Waals surface area contributed by atoms with E-state index in [1.165, 1.54) is 7.11 Å². The number of hydrogen-bond donors (Lipinski definition) is 1. The molecule has 0 bridgehead atoms. The highest BCUT2D eigenvalue weighted by Crippen LogP contribution is 2.29. The number of aliphatic carboxylic acids is 1. The smallest absolute Gasteiger partial charge is 0.340 e. The Bertz CT molecular complexity index is 868. The minimum Gasteiger partial charge on any atom is -0.550 e. The molecule has 0 radical (unpaired) electrons. The van der Waals surface area contributed by atoms with E-state index in [4.69, 9.17) is 9.15 Å². The Hall–Kier alpha value is -2.83. The van der Waals surface area contributed by atoms with Crippen molar-refractivity contribution in [2.75, 3.05) is 13.7 Å². The van der Waals surface area contributed by atoms with Gasteiger partial charge in [-0.3, -0.25) is 4.79 Å². The van der Waals surface area contributed by atoms with E-state index in [-0.39, 0.29) is 37.3 Å². The zero-order valence-electron chi connectivity index (χ0n) is 14.4. The zero-order valence-corrected chi connectivity index (χ0v) is 14.4. The first kappa shape index (κ1) is 18.5. The lowest BCUT2D eigenvalue weighted by Crippen LogP contribution is -2.30. The number of carbonyl (C=O) groups is 2. The third kappa shape index (κ3) is 4.17. The van der Waals surface area contributed by atoms with Crippen molar-refractivity contribution in [3.63, 3.8) is 0 Å². The molecule has 1 heterocycles. The molecule has 0 unspecified atom stereocenters. The maximum atomic E-state index is 12.3. The van der Waals surface area contributed by atoms with E-state index in [1.54, 1.807) is 26.0 Å². The van der Waals surface area contributed by atoms with Crippen LogP contribution in [-0.2, 0) is 16.0 Å². The SMILES string of the molecule is COc1ccc2c(C)c(CC(=O)NCCCC(=O)[O-])c(=O)oc2c1C. The number of carbonyl (C=O) groups excluding carboxylic acids is 2. The molecule has 0 aliphatic heterocycles. The van der Waals surface area contributed by atoms with Crippen LogP contribution in [0.3, 0.4) is 0 Å². The molecule has 0 aliphatic rings. The summed E-state index contributed by atoms with van der Waals surface area (Å²) in [7, 11) is 1.54. The van der Waals surface area contributed by atoms with E-state index in [0.717, 1.165) is 10.9 Å². The highest BCUT2D eigenvalue weighted by molar-refractivity contribution is 5.87. The van der Waals surface area contributed by atoms with Gasteiger partial charge in [-0.1, -0.05) is 0 Å². The van der Waals surface area contributed by atoms with Crippen LogP contribution in [-0.4, -0.2) is 25.5 Å². The lowest BCUT2D eigenvalue weighted by molar-refractivity contribution is -0.305. The molecule has 1 N–H and O–H groups in total. The van der Waals surface area contributed by atoms with Crippen molar-refractivity contribution in [1.29, 1.82) is 0 Å². The van der Waals surface area contributed by atoms with Gasteiger partial charge in [0.1, 0.15) is 11.3 Å². The highest BCUT2D eigenvalue weighted by Gasteiger charge is 2.17. The molecule has 134 valence electrons. The third-order valence-electron chi connectivity index (χ3n) is 4.09. The number of amides is 1. The number of hydrogen-bond acceptors (Lipinski definition) is 6. The molecule has 7 heteroatoms. The predicted molar refractivity (Wildman–Crippen MR) is 89.5 cm³/mol. The maximum Gasteiger partial charge on any atom is 0.340 e. The molecule has 0 aliphatic carbocycles. The van der Waals surface area contributed by atoms with E-state index in [0.29, 0.717) is 16.9 Å². The molecule has 25 heavy (non-hydrogen) atoms. The molecule has 0 saturated carbocycles. The second-order valence-corrected chi connectivity index (χ2v) is 5.76. The van der Waals surface area contributed by atoms with Gasteiger partial charge in [0.2, 0.25) is 5.91 Å². The van der Waals surface area contributed by atoms with E-state index >= 15 is 0 Å². The molecule has 1 aromatic heterocycles. The van der Waals surface area contributed by atoms with E-state index in [1.807, 2.05) is 0 Å². The zero-order chi connectivity index (χ0) is 18.6. The standard InChI is InChI=1S/C18H21NO6/c1-10-12-6-7-14(24-3)11(2)17(12)25-18(23)13(10)9-15(20)19-8-4-5-16(21)22/h6-7H,4-5,8-9H2,1-3H3,(H,19,20)(H,21,22)/p-1. The number of benzene rings is 1. The summed E-state index contributed by atoms with van der Waals surface area (Å²) in [6.45, 7) is 3.78. The molecule has 0 atom stereocenters. The van der Waals surface area contributed by atoms with E-state index in [2.05, 4.69) is 5.32 Å². The van der Waals surface area contributed by atoms with Crippen LogP contribution >= 0.6 is 0 Å². The Morgan fingerprint density at radius 2 is 1.96 bits per heavy atom. The Balaban J connectivity index is 2.23. The summed E-state index contributed by atoms with van der Waals surface area (Å²) in [6.07, 6.45) is 0.0252. The number of carboxylic acids is 1. The van der Waals surface area contributed by atoms with Crippen molar-refractivity contribution in [2.45, 2.75) is 33.1 Å². The quantitative estimate of drug-likeness (QED) is 0.581. The van der Waals surface area contributed by atoms with Crippen LogP contribution in [0, 0.1) is 13.8 Å². The van der Waals surface area contributed by atoms with Crippen LogP contribution in [0.25, 0.3) is 11.0 Å². The molecule has 0 saturated heterocycles. The fourth-order valence-electron chi connectivity index (χ4n) is 2.68. The lowest BCUT2D eigenvalue weighted by Gasteiger charge is -2.12. The molecular formula is C18H20NO6-. The summed E-state index contributed by atoms with van der Waals surface area (Å²) in [5, 5.41) is 13.7. The monoisotopic (exact) mass is 346 g/mol. The van der Waals surface area contributed by atoms with Crippen molar-refractivity contribution in [2.24, 2.45) is 0 Å². The van der Waals surface area contributed by atoms with Crippen LogP contribution in [0.5, 0.6) is 5.75 Å². The van der Waals surface area contributed by atoms with Gasteiger partial charge in [0.25, 0.3) is 0 Å². The molecule has 2 aromatic rings. The maximum absolute atomic E-state index is 12.3. The number of nitrogens with one attached hydrogen (secondary N) is 1. The average molecular weight is 346 g/mol. The topological polar surface area (TPSA) is 109 Å². The molecule has 1 amide bonds. The minimum atomic E-state index is -1.16. The summed E-state index contributed by atoms with van der Waals surface area (Å²) in [6, 6.07) is 3.58. The van der Waals surface area contributed by atoms with Gasteiger partial charge in [-0.2, -0.15) is 0 Å². The Kier molecular flexibility index (Phi) is 5.80. The van der Waals surface area contributed by atoms with E-state index < -0.39 is 11.6 Å². The number of rotatable bonds is 7. The number of aryl methyl sites for hydroxylation is 2. The van der Waals surface area contributed by atoms with Gasteiger partial charge in [-0.15, -0.1) is 0 Å². The van der Waals surface area contributed by atoms with Crippen molar-refractivity contribution >= 4 is 22.8 Å². The van der Waals surface area contributed by atoms with E-state index in [9.17, 15) is 19.5 Å². The van der Waals surface area contributed by atoms with Gasteiger partial charge in [-0.25, -0.2) is 4.79 Å². The first-order valence-electron chi connectivity index (χ1n) is 7.91. The van der Waals surface area contributed by atoms with Gasteiger partial charge < -0.3 is 24.4 Å². The number of carboxylic acid groups (broad SMARTS) is 1. The minimum absolute atomic E-state index is 0.124. The van der Waals surface area contributed by atoms with Crippen molar-refractivity contribution in [1.82, 2.24) is 5.32 Å². The normalized spacial score (nSPS) is 10.7. The summed E-state index contributed by atoms with van der Waals surface area (Å²) in [5.41, 5.74) is 1.57. The van der Waals surface area contributed by atoms with Crippen LogP contribution in [0.15, 0.2) is 21.3 Å². The van der Waals surface area contributed by atoms with Crippen molar-refractivity contribution in [3.05, 3.63) is 39.2 Å². The average Bonchev–Trinajstić information content (AvgIpc) is 2.56. The summed E-state index contributed by atoms with van der Waals surface area (Å²) in [5.74, 6) is -0.905. The Morgan fingerprint density at radius 1 is 1.24 bits per heavy atom. The summed E-state index contributed by atoms with van der Waals surface area (Å²) < 4.78 is 10.6. The highest BCUT2D eigenvalue weighted by atomic mass is 16.5. The van der Waals surface area contributed by atoms with Gasteiger partial charge in [0, 0.05) is 23.5 Å². The fourth-order valence-corrected chi connectivity index (χ4v) is 2.68. The second kappa shape index (κ2) is 7.83. The first-order chi connectivity index (χ1) is 11.8. The number of ether oxygens (including phenoxy) is 1. The number of methoxy groups -OCH3 is 1. The van der Waals surface area contributed by atoms with Crippen molar-refractivity contribution < 1.29 is 23.8 Å². The molecule has 1 aromatic carbocycles. The van der Waals surface area contributed by atoms with Crippen LogP contribution < -0.4 is 20.8 Å². The molecule has 2 rings (SSSR count). The molecule has 0 spiro atoms. The molecule has 0 fully saturated rings. The summed E-state index contributed by atoms with van der Waals surface area (Å²) >= 11 is 0. The second-order valence-electron chi connectivity index (χ2n) is 5.76. The lowest BCUT2D eigenvalue weighted by atomic mass is 10.0. The third-order valence-corrected chi connectivity index (χ3v) is 4.09. The van der Waals surface area contributed by atoms with Crippen LogP contribution in [0.4, 0.5) is 0 Å². The van der Waals surface area contributed by atoms with Gasteiger partial charge >= 0.3 is 5.63 Å². The van der Waals surface area contributed by atoms with Crippen LogP contribution in [0.1, 0.15) is 29.5 Å². The van der Waals surface area contributed by atoms with Crippen LogP contribution in [0.2, 0.25) is 0 Å². The van der Waals surface area contributed by atoms with Crippen molar-refractivity contribution in [3.8, 4) is 5.75 Å². The summed E-state index contributed by atoms with van der Waals surface area (Å²) in [4.78, 5) is 34.6. The first-order valence-corrected chi connectivity index (χ1v) is 7.91. The fraction of sp³-hybridized carbons (Fsp3) is 0.389. The Morgan fingerprint density at radius 3 is 2.60 bits per heavy atom. The molecule has 7 nitrogen and oxygen atoms in total. The molecular weight excluding hydrogens is 326 g/mol. The number of fused-ring (bicyclic) bond motifs is 1. The Labute approximate surface area is 144 Å². The predicted octanol–water partition coefficient (Wildman–Crippen LogP) is 0.607. The van der Waals surface area contributed by atoms with Gasteiger partial charge in [0.05, 0.1) is 19.1 Å².